The molecule has 0 heterocycles. The second-order valence-corrected chi connectivity index (χ2v) is 8.98. The minimum absolute atomic E-state index is 0.198. The van der Waals surface area contributed by atoms with E-state index in [1.807, 2.05) is 12.1 Å². The van der Waals surface area contributed by atoms with E-state index in [0.29, 0.717) is 23.2 Å². The summed E-state index contributed by atoms with van der Waals surface area (Å²) in [5.74, 6) is -0.0375. The molecule has 3 aromatic rings. The van der Waals surface area contributed by atoms with Gasteiger partial charge in [-0.1, -0.05) is 78.3 Å². The number of nitrogens with zero attached hydrogens (tertiary/aromatic N) is 1. The molecule has 0 atom stereocenters. The fourth-order valence-corrected chi connectivity index (χ4v) is 4.93. The smallest absolute Gasteiger partial charge is 0.129 e. The lowest BCUT2D eigenvalue weighted by Gasteiger charge is -2.38. The second-order valence-electron chi connectivity index (χ2n) is 8.57. The Morgan fingerprint density at radius 1 is 0.839 bits per heavy atom. The van der Waals surface area contributed by atoms with E-state index in [1.54, 1.807) is 12.1 Å². The van der Waals surface area contributed by atoms with Crippen molar-refractivity contribution in [3.63, 3.8) is 0 Å². The Bertz CT molecular complexity index is 896. The summed E-state index contributed by atoms with van der Waals surface area (Å²) in [6, 6.07) is 26.8. The highest BCUT2D eigenvalue weighted by Gasteiger charge is 2.28. The Balaban J connectivity index is 1.67. The van der Waals surface area contributed by atoms with E-state index in [-0.39, 0.29) is 17.8 Å². The molecule has 0 unspecified atom stereocenters. The lowest BCUT2D eigenvalue weighted by Crippen LogP contribution is -2.42. The van der Waals surface area contributed by atoms with Gasteiger partial charge in [-0.05, 0) is 48.9 Å². The van der Waals surface area contributed by atoms with Crippen molar-refractivity contribution in [3.05, 3.63) is 106 Å². The molecule has 0 amide bonds. The molecule has 0 aliphatic heterocycles. The zero-order valence-corrected chi connectivity index (χ0v) is 18.5. The first-order chi connectivity index (χ1) is 15.1. The number of halogens is 2. The molecule has 2 nitrogen and oxygen atoms in total. The van der Waals surface area contributed by atoms with Crippen LogP contribution in [0.5, 0.6) is 0 Å². The highest BCUT2D eigenvalue weighted by atomic mass is 35.5. The largest absolute Gasteiger partial charge is 0.328 e. The number of benzene rings is 3. The molecular formula is C27H30ClFN2. The van der Waals surface area contributed by atoms with Crippen molar-refractivity contribution < 1.29 is 4.39 Å². The first-order valence-corrected chi connectivity index (χ1v) is 11.5. The van der Waals surface area contributed by atoms with Gasteiger partial charge in [-0.2, -0.15) is 0 Å². The number of hydrogen-bond acceptors (Lipinski definition) is 2. The van der Waals surface area contributed by atoms with Crippen molar-refractivity contribution in [3.8, 4) is 0 Å². The van der Waals surface area contributed by atoms with Gasteiger partial charge in [-0.15, -0.1) is 0 Å². The summed E-state index contributed by atoms with van der Waals surface area (Å²) in [6.07, 6.45) is 4.08. The van der Waals surface area contributed by atoms with E-state index in [1.165, 1.54) is 17.2 Å². The van der Waals surface area contributed by atoms with Crippen molar-refractivity contribution in [1.82, 2.24) is 4.90 Å². The summed E-state index contributed by atoms with van der Waals surface area (Å²) in [5.41, 5.74) is 9.30. The Labute approximate surface area is 189 Å². The van der Waals surface area contributed by atoms with E-state index in [0.717, 1.165) is 32.2 Å². The molecule has 2 N–H and O–H groups in total. The van der Waals surface area contributed by atoms with Crippen LogP contribution in [0.25, 0.3) is 0 Å². The zero-order valence-electron chi connectivity index (χ0n) is 17.8. The first-order valence-electron chi connectivity index (χ1n) is 11.1. The first kappa shape index (κ1) is 22.0. The minimum atomic E-state index is -0.235. The van der Waals surface area contributed by atoms with Gasteiger partial charge in [0.15, 0.2) is 0 Å². The van der Waals surface area contributed by atoms with E-state index in [2.05, 4.69) is 53.4 Å². The molecule has 0 aromatic heterocycles. The average molecular weight is 437 g/mol. The SMILES string of the molecule is NC1CCC(N(Cc2c(F)cccc2Cl)CC(c2ccccc2)c2ccccc2)CC1. The fourth-order valence-electron chi connectivity index (χ4n) is 4.70. The van der Waals surface area contributed by atoms with Crippen molar-refractivity contribution in [2.24, 2.45) is 5.73 Å². The van der Waals surface area contributed by atoms with Gasteiger partial charge in [0.1, 0.15) is 5.82 Å². The molecule has 0 radical (unpaired) electrons. The number of hydrogen-bond donors (Lipinski definition) is 1. The van der Waals surface area contributed by atoms with E-state index in [9.17, 15) is 4.39 Å². The van der Waals surface area contributed by atoms with E-state index < -0.39 is 0 Å². The molecule has 0 saturated heterocycles. The van der Waals surface area contributed by atoms with Gasteiger partial charge in [0, 0.05) is 41.7 Å². The van der Waals surface area contributed by atoms with Crippen LogP contribution in [0.15, 0.2) is 78.9 Å². The Morgan fingerprint density at radius 3 is 1.97 bits per heavy atom. The lowest BCUT2D eigenvalue weighted by atomic mass is 9.87. The highest BCUT2D eigenvalue weighted by Crippen LogP contribution is 2.32. The van der Waals surface area contributed by atoms with Crippen LogP contribution in [0.2, 0.25) is 5.02 Å². The van der Waals surface area contributed by atoms with Crippen LogP contribution in [0.3, 0.4) is 0 Å². The molecule has 0 bridgehead atoms. The molecule has 1 aliphatic carbocycles. The average Bonchev–Trinajstić information content (AvgIpc) is 2.80. The van der Waals surface area contributed by atoms with Gasteiger partial charge in [0.2, 0.25) is 0 Å². The van der Waals surface area contributed by atoms with Crippen LogP contribution >= 0.6 is 11.6 Å². The Morgan fingerprint density at radius 2 is 1.42 bits per heavy atom. The third-order valence-electron chi connectivity index (χ3n) is 6.50. The van der Waals surface area contributed by atoms with E-state index in [4.69, 9.17) is 17.3 Å². The monoisotopic (exact) mass is 436 g/mol. The third-order valence-corrected chi connectivity index (χ3v) is 6.86. The Hall–Kier alpha value is -2.20. The van der Waals surface area contributed by atoms with Crippen molar-refractivity contribution in [1.29, 1.82) is 0 Å². The molecule has 31 heavy (non-hydrogen) atoms. The second kappa shape index (κ2) is 10.4. The molecule has 3 aromatic carbocycles. The summed E-state index contributed by atoms with van der Waals surface area (Å²) in [6.45, 7) is 1.31. The molecule has 4 rings (SSSR count). The van der Waals surface area contributed by atoms with Crippen LogP contribution in [-0.4, -0.2) is 23.5 Å². The maximum absolute atomic E-state index is 14.7. The van der Waals surface area contributed by atoms with E-state index >= 15 is 0 Å². The maximum atomic E-state index is 14.7. The predicted octanol–water partition coefficient (Wildman–Crippen LogP) is 6.38. The summed E-state index contributed by atoms with van der Waals surface area (Å²) >= 11 is 6.42. The Kier molecular flexibility index (Phi) is 7.39. The topological polar surface area (TPSA) is 29.3 Å². The molecule has 1 saturated carbocycles. The maximum Gasteiger partial charge on any atom is 0.129 e. The van der Waals surface area contributed by atoms with Crippen LogP contribution in [-0.2, 0) is 6.54 Å². The van der Waals surface area contributed by atoms with Crippen molar-refractivity contribution in [2.45, 2.75) is 50.2 Å². The molecule has 0 spiro atoms. The van der Waals surface area contributed by atoms with Crippen molar-refractivity contribution >= 4 is 11.6 Å². The van der Waals surface area contributed by atoms with Gasteiger partial charge in [0.25, 0.3) is 0 Å². The van der Waals surface area contributed by atoms with Crippen molar-refractivity contribution in [2.75, 3.05) is 6.54 Å². The van der Waals surface area contributed by atoms with Crippen LogP contribution in [0, 0.1) is 5.82 Å². The normalized spacial score (nSPS) is 19.1. The summed E-state index contributed by atoms with van der Waals surface area (Å²) in [4.78, 5) is 2.43. The van der Waals surface area contributed by atoms with Gasteiger partial charge in [0.05, 0.1) is 0 Å². The lowest BCUT2D eigenvalue weighted by molar-refractivity contribution is 0.136. The number of rotatable bonds is 7. The van der Waals surface area contributed by atoms with Gasteiger partial charge in [-0.3, -0.25) is 4.90 Å². The third kappa shape index (κ3) is 5.54. The van der Waals surface area contributed by atoms with Gasteiger partial charge in [-0.25, -0.2) is 4.39 Å². The summed E-state index contributed by atoms with van der Waals surface area (Å²) < 4.78 is 14.7. The molecule has 1 aliphatic rings. The van der Waals surface area contributed by atoms with Gasteiger partial charge >= 0.3 is 0 Å². The number of nitrogens with two attached hydrogens (primary N) is 1. The quantitative estimate of drug-likeness (QED) is 0.465. The molecular weight excluding hydrogens is 407 g/mol. The molecule has 162 valence electrons. The van der Waals surface area contributed by atoms with Crippen LogP contribution in [0.4, 0.5) is 4.39 Å². The predicted molar refractivity (Wildman–Crippen MR) is 127 cm³/mol. The summed E-state index contributed by atoms with van der Waals surface area (Å²) in [5, 5.41) is 0.494. The standard InChI is InChI=1S/C27H30ClFN2/c28-26-12-7-13-27(29)25(26)19-31(23-16-14-22(30)15-17-23)18-24(20-8-3-1-4-9-20)21-10-5-2-6-11-21/h1-13,22-24H,14-19,30H2. The van der Waals surface area contributed by atoms with Crippen LogP contribution in [0.1, 0.15) is 48.3 Å². The highest BCUT2D eigenvalue weighted by molar-refractivity contribution is 6.31. The molecule has 4 heteroatoms. The minimum Gasteiger partial charge on any atom is -0.328 e. The van der Waals surface area contributed by atoms with Gasteiger partial charge < -0.3 is 5.73 Å². The zero-order chi connectivity index (χ0) is 21.6. The summed E-state index contributed by atoms with van der Waals surface area (Å²) in [7, 11) is 0. The molecule has 1 fully saturated rings. The van der Waals surface area contributed by atoms with Crippen LogP contribution < -0.4 is 5.73 Å². The fraction of sp³-hybridized carbons (Fsp3) is 0.333.